The van der Waals surface area contributed by atoms with Crippen LogP contribution in [0.15, 0.2) is 18.2 Å². The van der Waals surface area contributed by atoms with Crippen molar-refractivity contribution < 1.29 is 9.47 Å². The zero-order valence-electron chi connectivity index (χ0n) is 12.5. The van der Waals surface area contributed by atoms with Crippen molar-refractivity contribution in [3.63, 3.8) is 0 Å². The molecule has 1 unspecified atom stereocenters. The molecule has 1 aromatic carbocycles. The van der Waals surface area contributed by atoms with Gasteiger partial charge < -0.3 is 9.47 Å². The summed E-state index contributed by atoms with van der Waals surface area (Å²) in [5.74, 6) is 2.60. The predicted octanol–water partition coefficient (Wildman–Crippen LogP) is 5.50. The van der Waals surface area contributed by atoms with E-state index in [1.54, 1.807) is 14.2 Å². The summed E-state index contributed by atoms with van der Waals surface area (Å²) in [5.41, 5.74) is 1.23. The third-order valence-electron chi connectivity index (χ3n) is 4.29. The van der Waals surface area contributed by atoms with E-state index in [9.17, 15) is 0 Å². The molecular formula is C17H25BrO2. The first kappa shape index (κ1) is 15.7. The summed E-state index contributed by atoms with van der Waals surface area (Å²) < 4.78 is 10.8. The van der Waals surface area contributed by atoms with E-state index >= 15 is 0 Å². The molecule has 20 heavy (non-hydrogen) atoms. The fourth-order valence-electron chi connectivity index (χ4n) is 3.10. The standard InChI is InChI=1S/C17H25BrO2/c1-19-14-9-10-15(17(12-14)20-2)16(18)11-13-7-5-3-4-6-8-13/h9-10,12-13,16H,3-8,11H2,1-2H3. The SMILES string of the molecule is COc1ccc(C(Br)CC2CCCCCC2)c(OC)c1. The fourth-order valence-corrected chi connectivity index (χ4v) is 4.00. The number of halogens is 1. The molecule has 0 saturated heterocycles. The van der Waals surface area contributed by atoms with Crippen molar-refractivity contribution in [3.8, 4) is 11.5 Å². The van der Waals surface area contributed by atoms with E-state index in [2.05, 4.69) is 22.0 Å². The van der Waals surface area contributed by atoms with E-state index in [1.165, 1.54) is 50.5 Å². The van der Waals surface area contributed by atoms with Gasteiger partial charge in [0.15, 0.2) is 0 Å². The smallest absolute Gasteiger partial charge is 0.126 e. The predicted molar refractivity (Wildman–Crippen MR) is 87.0 cm³/mol. The maximum atomic E-state index is 5.51. The zero-order chi connectivity index (χ0) is 14.4. The fraction of sp³-hybridized carbons (Fsp3) is 0.647. The summed E-state index contributed by atoms with van der Waals surface area (Å²) >= 11 is 3.86. The van der Waals surface area contributed by atoms with Crippen molar-refractivity contribution in [1.82, 2.24) is 0 Å². The summed E-state index contributed by atoms with van der Waals surface area (Å²) in [4.78, 5) is 0.367. The second-order valence-corrected chi connectivity index (χ2v) is 6.77. The van der Waals surface area contributed by atoms with Crippen molar-refractivity contribution in [2.45, 2.75) is 49.8 Å². The maximum Gasteiger partial charge on any atom is 0.126 e. The van der Waals surface area contributed by atoms with Crippen molar-refractivity contribution in [1.29, 1.82) is 0 Å². The quantitative estimate of drug-likeness (QED) is 0.520. The molecule has 1 saturated carbocycles. The molecule has 3 heteroatoms. The van der Waals surface area contributed by atoms with Crippen LogP contribution in [-0.2, 0) is 0 Å². The van der Waals surface area contributed by atoms with Gasteiger partial charge in [-0.15, -0.1) is 0 Å². The molecule has 1 fully saturated rings. The second kappa shape index (κ2) is 7.92. The van der Waals surface area contributed by atoms with Gasteiger partial charge in [0.25, 0.3) is 0 Å². The van der Waals surface area contributed by atoms with Gasteiger partial charge in [0, 0.05) is 16.5 Å². The van der Waals surface area contributed by atoms with Crippen LogP contribution in [0.4, 0.5) is 0 Å². The molecule has 2 nitrogen and oxygen atoms in total. The highest BCUT2D eigenvalue weighted by atomic mass is 79.9. The number of benzene rings is 1. The molecule has 0 aromatic heterocycles. The van der Waals surface area contributed by atoms with Crippen molar-refractivity contribution in [2.75, 3.05) is 14.2 Å². The van der Waals surface area contributed by atoms with Gasteiger partial charge in [0.2, 0.25) is 0 Å². The normalized spacial score (nSPS) is 18.4. The Hall–Kier alpha value is -0.700. The summed E-state index contributed by atoms with van der Waals surface area (Å²) in [5, 5.41) is 0. The summed E-state index contributed by atoms with van der Waals surface area (Å²) in [6, 6.07) is 6.10. The highest BCUT2D eigenvalue weighted by molar-refractivity contribution is 9.09. The first-order chi connectivity index (χ1) is 9.74. The Balaban J connectivity index is 2.05. The van der Waals surface area contributed by atoms with Crippen molar-refractivity contribution >= 4 is 15.9 Å². The zero-order valence-corrected chi connectivity index (χ0v) is 14.1. The van der Waals surface area contributed by atoms with Crippen LogP contribution >= 0.6 is 15.9 Å². The molecule has 0 aliphatic heterocycles. The first-order valence-corrected chi connectivity index (χ1v) is 8.52. The Morgan fingerprint density at radius 2 is 1.80 bits per heavy atom. The molecule has 1 aliphatic rings. The van der Waals surface area contributed by atoms with Gasteiger partial charge in [-0.2, -0.15) is 0 Å². The van der Waals surface area contributed by atoms with E-state index < -0.39 is 0 Å². The molecule has 0 amide bonds. The summed E-state index contributed by atoms with van der Waals surface area (Å²) in [6.45, 7) is 0. The molecule has 1 aromatic rings. The monoisotopic (exact) mass is 340 g/mol. The molecule has 0 bridgehead atoms. The maximum absolute atomic E-state index is 5.51. The summed E-state index contributed by atoms with van der Waals surface area (Å²) in [7, 11) is 3.41. The third kappa shape index (κ3) is 4.15. The van der Waals surface area contributed by atoms with Crippen molar-refractivity contribution in [2.24, 2.45) is 5.92 Å². The lowest BCUT2D eigenvalue weighted by molar-refractivity contribution is 0.385. The molecule has 0 N–H and O–H groups in total. The van der Waals surface area contributed by atoms with Gasteiger partial charge in [-0.1, -0.05) is 60.5 Å². The van der Waals surface area contributed by atoms with Gasteiger partial charge in [-0.25, -0.2) is 0 Å². The minimum absolute atomic E-state index is 0.367. The van der Waals surface area contributed by atoms with Gasteiger partial charge >= 0.3 is 0 Å². The van der Waals surface area contributed by atoms with Crippen LogP contribution in [0.25, 0.3) is 0 Å². The largest absolute Gasteiger partial charge is 0.497 e. The van der Waals surface area contributed by atoms with Crippen LogP contribution in [-0.4, -0.2) is 14.2 Å². The molecule has 1 aliphatic carbocycles. The number of alkyl halides is 1. The van der Waals surface area contributed by atoms with Gasteiger partial charge in [0.1, 0.15) is 11.5 Å². The molecule has 0 radical (unpaired) electrons. The van der Waals surface area contributed by atoms with Gasteiger partial charge in [0.05, 0.1) is 14.2 Å². The van der Waals surface area contributed by atoms with Crippen LogP contribution < -0.4 is 9.47 Å². The molecule has 2 rings (SSSR count). The first-order valence-electron chi connectivity index (χ1n) is 7.60. The minimum atomic E-state index is 0.367. The molecular weight excluding hydrogens is 316 g/mol. The van der Waals surface area contributed by atoms with E-state index in [4.69, 9.17) is 9.47 Å². The lowest BCUT2D eigenvalue weighted by atomic mass is 9.92. The highest BCUT2D eigenvalue weighted by Gasteiger charge is 2.20. The van der Waals surface area contributed by atoms with Crippen LogP contribution in [0.3, 0.4) is 0 Å². The Morgan fingerprint density at radius 1 is 1.10 bits per heavy atom. The van der Waals surface area contributed by atoms with Crippen LogP contribution in [0.5, 0.6) is 11.5 Å². The Bertz CT molecular complexity index is 411. The van der Waals surface area contributed by atoms with E-state index in [1.807, 2.05) is 12.1 Å². The number of ether oxygens (including phenoxy) is 2. The molecule has 112 valence electrons. The number of hydrogen-bond donors (Lipinski definition) is 0. The topological polar surface area (TPSA) is 18.5 Å². The Morgan fingerprint density at radius 3 is 2.40 bits per heavy atom. The Labute approximate surface area is 131 Å². The lowest BCUT2D eigenvalue weighted by Gasteiger charge is -2.20. The van der Waals surface area contributed by atoms with Crippen LogP contribution in [0.1, 0.15) is 55.3 Å². The number of methoxy groups -OCH3 is 2. The minimum Gasteiger partial charge on any atom is -0.497 e. The average molecular weight is 341 g/mol. The van der Waals surface area contributed by atoms with E-state index in [-0.39, 0.29) is 0 Å². The second-order valence-electron chi connectivity index (χ2n) is 5.67. The summed E-state index contributed by atoms with van der Waals surface area (Å²) in [6.07, 6.45) is 9.56. The van der Waals surface area contributed by atoms with Gasteiger partial charge in [-0.05, 0) is 18.4 Å². The molecule has 0 spiro atoms. The molecule has 0 heterocycles. The number of hydrogen-bond acceptors (Lipinski definition) is 2. The number of rotatable bonds is 5. The van der Waals surface area contributed by atoms with Crippen molar-refractivity contribution in [3.05, 3.63) is 23.8 Å². The lowest BCUT2D eigenvalue weighted by Crippen LogP contribution is -2.04. The third-order valence-corrected chi connectivity index (χ3v) is 5.16. The van der Waals surface area contributed by atoms with Gasteiger partial charge in [-0.3, -0.25) is 0 Å². The average Bonchev–Trinajstić information content (AvgIpc) is 2.75. The highest BCUT2D eigenvalue weighted by Crippen LogP contribution is 2.40. The van der Waals surface area contributed by atoms with E-state index in [0.29, 0.717) is 4.83 Å². The van der Waals surface area contributed by atoms with E-state index in [0.717, 1.165) is 17.4 Å². The Kier molecular flexibility index (Phi) is 6.21. The van der Waals surface area contributed by atoms with Crippen LogP contribution in [0.2, 0.25) is 0 Å². The molecule has 1 atom stereocenters. The van der Waals surface area contributed by atoms with Crippen LogP contribution in [0, 0.1) is 5.92 Å².